The van der Waals surface area contributed by atoms with Crippen molar-refractivity contribution in [2.24, 2.45) is 11.8 Å². The monoisotopic (exact) mass is 258 g/mol. The summed E-state index contributed by atoms with van der Waals surface area (Å²) in [6.45, 7) is 2.25. The lowest BCUT2D eigenvalue weighted by Gasteiger charge is -2.31. The van der Waals surface area contributed by atoms with Crippen molar-refractivity contribution in [1.82, 2.24) is 0 Å². The molecular weight excluding hydrogens is 240 g/mol. The van der Waals surface area contributed by atoms with Crippen LogP contribution in [0.2, 0.25) is 5.02 Å². The normalized spacial score (nSPS) is 27.9. The van der Waals surface area contributed by atoms with Crippen LogP contribution in [-0.4, -0.2) is 5.11 Å². The van der Waals surface area contributed by atoms with E-state index in [9.17, 15) is 5.11 Å². The van der Waals surface area contributed by atoms with Crippen molar-refractivity contribution < 1.29 is 5.11 Å². The van der Waals surface area contributed by atoms with E-state index in [4.69, 9.17) is 11.6 Å². The zero-order valence-electron chi connectivity index (χ0n) is 9.66. The van der Waals surface area contributed by atoms with Crippen LogP contribution in [0.4, 0.5) is 0 Å². The molecule has 0 bridgehead atoms. The van der Waals surface area contributed by atoms with Crippen molar-refractivity contribution in [3.63, 3.8) is 0 Å². The van der Waals surface area contributed by atoms with Gasteiger partial charge in [-0.1, -0.05) is 37.8 Å². The molecular formula is C13H19ClOS. The number of halogens is 1. The average molecular weight is 259 g/mol. The standard InChI is InChI=1S/C13H19ClOS/c1-2-9-4-3-5-10(6-9)13(15)12-7-11(14)8-16-12/h7-10,13,15H,2-6H2,1H3. The van der Waals surface area contributed by atoms with E-state index < -0.39 is 0 Å². The second kappa shape index (κ2) is 5.52. The van der Waals surface area contributed by atoms with E-state index in [1.807, 2.05) is 11.4 Å². The van der Waals surface area contributed by atoms with Crippen LogP contribution in [0.15, 0.2) is 11.4 Å². The van der Waals surface area contributed by atoms with E-state index in [0.29, 0.717) is 5.92 Å². The first kappa shape index (κ1) is 12.4. The van der Waals surface area contributed by atoms with Crippen molar-refractivity contribution in [1.29, 1.82) is 0 Å². The molecule has 0 saturated heterocycles. The highest BCUT2D eigenvalue weighted by Crippen LogP contribution is 2.40. The van der Waals surface area contributed by atoms with Crippen LogP contribution in [0.5, 0.6) is 0 Å². The average Bonchev–Trinajstić information content (AvgIpc) is 2.75. The number of hydrogen-bond donors (Lipinski definition) is 1. The molecule has 16 heavy (non-hydrogen) atoms. The van der Waals surface area contributed by atoms with Crippen LogP contribution in [0, 0.1) is 11.8 Å². The quantitative estimate of drug-likeness (QED) is 0.837. The zero-order chi connectivity index (χ0) is 11.5. The maximum Gasteiger partial charge on any atom is 0.0910 e. The third kappa shape index (κ3) is 2.79. The third-order valence-corrected chi connectivity index (χ3v) is 5.08. The van der Waals surface area contributed by atoms with Crippen molar-refractivity contribution >= 4 is 22.9 Å². The van der Waals surface area contributed by atoms with Crippen molar-refractivity contribution in [2.75, 3.05) is 0 Å². The van der Waals surface area contributed by atoms with Crippen molar-refractivity contribution in [2.45, 2.75) is 45.1 Å². The molecule has 1 aromatic heterocycles. The first-order valence-electron chi connectivity index (χ1n) is 6.12. The van der Waals surface area contributed by atoms with E-state index in [-0.39, 0.29) is 6.10 Å². The summed E-state index contributed by atoms with van der Waals surface area (Å²) in [5.74, 6) is 1.25. The maximum absolute atomic E-state index is 10.3. The van der Waals surface area contributed by atoms with Crippen molar-refractivity contribution in [3.05, 3.63) is 21.3 Å². The Morgan fingerprint density at radius 1 is 1.56 bits per heavy atom. The first-order valence-corrected chi connectivity index (χ1v) is 7.38. The summed E-state index contributed by atoms with van der Waals surface area (Å²) >= 11 is 7.48. The predicted molar refractivity (Wildman–Crippen MR) is 70.0 cm³/mol. The number of hydrogen-bond acceptors (Lipinski definition) is 2. The molecule has 1 aliphatic rings. The summed E-state index contributed by atoms with van der Waals surface area (Å²) in [5, 5.41) is 13.0. The van der Waals surface area contributed by atoms with Gasteiger partial charge in [0.05, 0.1) is 11.1 Å². The molecule has 1 N–H and O–H groups in total. The predicted octanol–water partition coefficient (Wildman–Crippen LogP) is 4.65. The van der Waals surface area contributed by atoms with E-state index in [0.717, 1.165) is 22.2 Å². The van der Waals surface area contributed by atoms with Gasteiger partial charge in [-0.3, -0.25) is 0 Å². The van der Waals surface area contributed by atoms with E-state index in [2.05, 4.69) is 6.92 Å². The minimum atomic E-state index is -0.299. The smallest absolute Gasteiger partial charge is 0.0910 e. The largest absolute Gasteiger partial charge is 0.387 e. The van der Waals surface area contributed by atoms with E-state index in [1.54, 1.807) is 11.3 Å². The lowest BCUT2D eigenvalue weighted by molar-refractivity contribution is 0.0705. The van der Waals surface area contributed by atoms with E-state index >= 15 is 0 Å². The number of aliphatic hydroxyl groups excluding tert-OH is 1. The minimum absolute atomic E-state index is 0.299. The molecule has 2 rings (SSSR count). The Labute approximate surface area is 106 Å². The van der Waals surface area contributed by atoms with E-state index in [1.165, 1.54) is 25.7 Å². The van der Waals surface area contributed by atoms with Crippen LogP contribution in [0.1, 0.15) is 50.0 Å². The number of rotatable bonds is 3. The van der Waals surface area contributed by atoms with Crippen molar-refractivity contribution in [3.8, 4) is 0 Å². The molecule has 0 amide bonds. The highest BCUT2D eigenvalue weighted by molar-refractivity contribution is 7.10. The van der Waals surface area contributed by atoms with Crippen LogP contribution in [-0.2, 0) is 0 Å². The second-order valence-electron chi connectivity index (χ2n) is 4.81. The fourth-order valence-corrected chi connectivity index (χ4v) is 3.87. The second-order valence-corrected chi connectivity index (χ2v) is 6.19. The van der Waals surface area contributed by atoms with Crippen LogP contribution in [0.3, 0.4) is 0 Å². The fourth-order valence-electron chi connectivity index (χ4n) is 2.71. The highest BCUT2D eigenvalue weighted by Gasteiger charge is 2.28. The molecule has 90 valence electrons. The number of thiophene rings is 1. The van der Waals surface area contributed by atoms with Crippen LogP contribution >= 0.6 is 22.9 Å². The van der Waals surface area contributed by atoms with Gasteiger partial charge in [-0.2, -0.15) is 0 Å². The molecule has 3 heteroatoms. The summed E-state index contributed by atoms with van der Waals surface area (Å²) < 4.78 is 0. The van der Waals surface area contributed by atoms with Gasteiger partial charge in [-0.05, 0) is 30.7 Å². The molecule has 0 radical (unpaired) electrons. The van der Waals surface area contributed by atoms with Gasteiger partial charge < -0.3 is 5.11 Å². The molecule has 3 unspecified atom stereocenters. The first-order chi connectivity index (χ1) is 7.70. The molecule has 3 atom stereocenters. The van der Waals surface area contributed by atoms with Gasteiger partial charge in [0.15, 0.2) is 0 Å². The Morgan fingerprint density at radius 3 is 3.00 bits per heavy atom. The number of aliphatic hydroxyl groups is 1. The molecule has 0 aromatic carbocycles. The molecule has 1 nitrogen and oxygen atoms in total. The maximum atomic E-state index is 10.3. The Kier molecular flexibility index (Phi) is 4.28. The van der Waals surface area contributed by atoms with Gasteiger partial charge in [0, 0.05) is 10.3 Å². The highest BCUT2D eigenvalue weighted by atomic mass is 35.5. The molecule has 1 aromatic rings. The summed E-state index contributed by atoms with van der Waals surface area (Å²) in [4.78, 5) is 1.03. The van der Waals surface area contributed by atoms with Gasteiger partial charge >= 0.3 is 0 Å². The van der Waals surface area contributed by atoms with Crippen LogP contribution in [0.25, 0.3) is 0 Å². The Hall–Kier alpha value is -0.0500. The topological polar surface area (TPSA) is 20.2 Å². The summed E-state index contributed by atoms with van der Waals surface area (Å²) in [5.41, 5.74) is 0. The Balaban J connectivity index is 2.01. The Bertz CT molecular complexity index is 336. The lowest BCUT2D eigenvalue weighted by atomic mass is 9.77. The Morgan fingerprint density at radius 2 is 2.38 bits per heavy atom. The molecule has 0 spiro atoms. The summed E-state index contributed by atoms with van der Waals surface area (Å²) in [7, 11) is 0. The van der Waals surface area contributed by atoms with Gasteiger partial charge in [0.1, 0.15) is 0 Å². The van der Waals surface area contributed by atoms with Crippen LogP contribution < -0.4 is 0 Å². The zero-order valence-corrected chi connectivity index (χ0v) is 11.2. The molecule has 0 aliphatic heterocycles. The lowest BCUT2D eigenvalue weighted by Crippen LogP contribution is -2.20. The molecule has 1 heterocycles. The third-order valence-electron chi connectivity index (χ3n) is 3.73. The SMILES string of the molecule is CCC1CCCC(C(O)c2cc(Cl)cs2)C1. The molecule has 1 saturated carbocycles. The minimum Gasteiger partial charge on any atom is -0.387 e. The molecule has 1 fully saturated rings. The molecule has 1 aliphatic carbocycles. The van der Waals surface area contributed by atoms with Gasteiger partial charge in [0.2, 0.25) is 0 Å². The van der Waals surface area contributed by atoms with Gasteiger partial charge in [0.25, 0.3) is 0 Å². The van der Waals surface area contributed by atoms with Gasteiger partial charge in [-0.15, -0.1) is 11.3 Å². The summed E-state index contributed by atoms with van der Waals surface area (Å²) in [6.07, 6.45) is 5.88. The summed E-state index contributed by atoms with van der Waals surface area (Å²) in [6, 6.07) is 1.91. The van der Waals surface area contributed by atoms with Gasteiger partial charge in [-0.25, -0.2) is 0 Å². The fraction of sp³-hybridized carbons (Fsp3) is 0.692.